The molecule has 1 heterocycles. The van der Waals surface area contributed by atoms with Gasteiger partial charge < -0.3 is 14.7 Å². The molecule has 1 saturated heterocycles. The number of carboxylic acid groups (broad SMARTS) is 1. The highest BCUT2D eigenvalue weighted by Crippen LogP contribution is 2.24. The maximum absolute atomic E-state index is 10.7. The minimum absolute atomic E-state index is 0.158. The predicted molar refractivity (Wildman–Crippen MR) is 74.7 cm³/mol. The van der Waals surface area contributed by atoms with Crippen LogP contribution in [0, 0.1) is 13.8 Å². The molecule has 0 bridgehead atoms. The molecule has 1 aliphatic rings. The Hall–Kier alpha value is -1.55. The minimum atomic E-state index is -0.744. The highest BCUT2D eigenvalue weighted by Gasteiger charge is 2.24. The van der Waals surface area contributed by atoms with E-state index in [0.717, 1.165) is 6.54 Å². The minimum Gasteiger partial charge on any atom is -0.481 e. The van der Waals surface area contributed by atoms with Crippen LogP contribution < -0.4 is 4.90 Å². The second kappa shape index (κ2) is 6.06. The Bertz CT molecular complexity index is 438. The molecular weight excluding hydrogens is 242 g/mol. The number of hydrogen-bond acceptors (Lipinski definition) is 3. The molecule has 0 aromatic heterocycles. The van der Waals surface area contributed by atoms with E-state index < -0.39 is 5.97 Å². The number of carbonyl (C=O) groups is 1. The highest BCUT2D eigenvalue weighted by atomic mass is 16.5. The monoisotopic (exact) mass is 263 g/mol. The normalized spacial score (nSPS) is 19.5. The first kappa shape index (κ1) is 13.9. The molecule has 1 atom stereocenters. The van der Waals surface area contributed by atoms with Gasteiger partial charge >= 0.3 is 5.97 Å². The van der Waals surface area contributed by atoms with Gasteiger partial charge in [-0.2, -0.15) is 0 Å². The van der Waals surface area contributed by atoms with Crippen LogP contribution in [-0.4, -0.2) is 36.9 Å². The van der Waals surface area contributed by atoms with Crippen molar-refractivity contribution in [1.82, 2.24) is 0 Å². The van der Waals surface area contributed by atoms with Gasteiger partial charge in [0.05, 0.1) is 19.3 Å². The molecule has 1 aromatic rings. The molecule has 1 aliphatic heterocycles. The molecule has 0 saturated carbocycles. The molecule has 4 nitrogen and oxygen atoms in total. The molecule has 104 valence electrons. The van der Waals surface area contributed by atoms with E-state index >= 15 is 0 Å². The third kappa shape index (κ3) is 3.70. The van der Waals surface area contributed by atoms with Crippen LogP contribution in [0.5, 0.6) is 0 Å². The smallest absolute Gasteiger partial charge is 0.303 e. The van der Waals surface area contributed by atoms with Crippen molar-refractivity contribution in [3.63, 3.8) is 0 Å². The van der Waals surface area contributed by atoms with E-state index in [1.165, 1.54) is 16.8 Å². The van der Waals surface area contributed by atoms with Gasteiger partial charge in [-0.3, -0.25) is 4.79 Å². The fourth-order valence-electron chi connectivity index (χ4n) is 2.64. The third-order valence-corrected chi connectivity index (χ3v) is 3.46. The van der Waals surface area contributed by atoms with Gasteiger partial charge in [0.2, 0.25) is 0 Å². The first-order valence-electron chi connectivity index (χ1n) is 6.71. The van der Waals surface area contributed by atoms with E-state index in [1.807, 2.05) is 0 Å². The summed E-state index contributed by atoms with van der Waals surface area (Å²) < 4.78 is 5.49. The second-order valence-corrected chi connectivity index (χ2v) is 5.20. The Balaban J connectivity index is 2.16. The number of rotatable bonds is 4. The van der Waals surface area contributed by atoms with Gasteiger partial charge in [0, 0.05) is 18.7 Å². The van der Waals surface area contributed by atoms with Crippen molar-refractivity contribution < 1.29 is 14.6 Å². The quantitative estimate of drug-likeness (QED) is 0.906. The van der Waals surface area contributed by atoms with Crippen molar-refractivity contribution >= 4 is 11.7 Å². The van der Waals surface area contributed by atoms with Crippen LogP contribution >= 0.6 is 0 Å². The molecule has 0 aliphatic carbocycles. The summed E-state index contributed by atoms with van der Waals surface area (Å²) in [4.78, 5) is 13.0. The van der Waals surface area contributed by atoms with Crippen LogP contribution in [-0.2, 0) is 9.53 Å². The second-order valence-electron chi connectivity index (χ2n) is 5.20. The fourth-order valence-corrected chi connectivity index (χ4v) is 2.64. The fraction of sp³-hybridized carbons (Fsp3) is 0.533. The standard InChI is InChI=1S/C15H21NO3/c1-11-7-12(2)9-14(8-11)16-5-6-19-10-13(16)3-4-15(17)18/h7-9,13H,3-6,10H2,1-2H3,(H,17,18). The number of morpholine rings is 1. The van der Waals surface area contributed by atoms with E-state index in [0.29, 0.717) is 19.6 Å². The highest BCUT2D eigenvalue weighted by molar-refractivity contribution is 5.66. The summed E-state index contributed by atoms with van der Waals surface area (Å²) in [6.45, 7) is 6.32. The molecular formula is C15H21NO3. The Labute approximate surface area is 114 Å². The third-order valence-electron chi connectivity index (χ3n) is 3.46. The van der Waals surface area contributed by atoms with Crippen molar-refractivity contribution in [2.45, 2.75) is 32.7 Å². The zero-order valence-electron chi connectivity index (χ0n) is 11.6. The van der Waals surface area contributed by atoms with Gasteiger partial charge in [-0.1, -0.05) is 6.07 Å². The molecule has 1 fully saturated rings. The first-order valence-corrected chi connectivity index (χ1v) is 6.71. The van der Waals surface area contributed by atoms with Gasteiger partial charge in [-0.15, -0.1) is 0 Å². The Kier molecular flexibility index (Phi) is 4.43. The number of nitrogens with zero attached hydrogens (tertiary/aromatic N) is 1. The SMILES string of the molecule is Cc1cc(C)cc(N2CCOCC2CCC(=O)O)c1. The number of carboxylic acids is 1. The van der Waals surface area contributed by atoms with Crippen molar-refractivity contribution in [3.8, 4) is 0 Å². The summed E-state index contributed by atoms with van der Waals surface area (Å²) in [7, 11) is 0. The number of aliphatic carboxylic acids is 1. The molecule has 0 amide bonds. The lowest BCUT2D eigenvalue weighted by Gasteiger charge is -2.37. The molecule has 4 heteroatoms. The molecule has 1 unspecified atom stereocenters. The van der Waals surface area contributed by atoms with Gasteiger partial charge in [-0.05, 0) is 43.5 Å². The van der Waals surface area contributed by atoms with Gasteiger partial charge in [0.1, 0.15) is 0 Å². The average Bonchev–Trinajstić information content (AvgIpc) is 2.35. The van der Waals surface area contributed by atoms with Gasteiger partial charge in [0.15, 0.2) is 0 Å². The number of ether oxygens (including phenoxy) is 1. The molecule has 1 N–H and O–H groups in total. The van der Waals surface area contributed by atoms with Crippen molar-refractivity contribution in [2.24, 2.45) is 0 Å². The molecule has 19 heavy (non-hydrogen) atoms. The Morgan fingerprint density at radius 1 is 1.37 bits per heavy atom. The number of benzene rings is 1. The van der Waals surface area contributed by atoms with Crippen LogP contribution in [0.3, 0.4) is 0 Å². The van der Waals surface area contributed by atoms with Gasteiger partial charge in [0.25, 0.3) is 0 Å². The molecule has 0 radical (unpaired) electrons. The van der Waals surface area contributed by atoms with E-state index in [2.05, 4.69) is 36.9 Å². The van der Waals surface area contributed by atoms with E-state index in [4.69, 9.17) is 9.84 Å². The van der Waals surface area contributed by atoms with Crippen LogP contribution in [0.25, 0.3) is 0 Å². The summed E-state index contributed by atoms with van der Waals surface area (Å²) >= 11 is 0. The van der Waals surface area contributed by atoms with Crippen molar-refractivity contribution in [1.29, 1.82) is 0 Å². The maximum atomic E-state index is 10.7. The Morgan fingerprint density at radius 3 is 2.68 bits per heavy atom. The molecule has 0 spiro atoms. The van der Waals surface area contributed by atoms with Crippen molar-refractivity contribution in [2.75, 3.05) is 24.7 Å². The first-order chi connectivity index (χ1) is 9.06. The van der Waals surface area contributed by atoms with E-state index in [9.17, 15) is 4.79 Å². The van der Waals surface area contributed by atoms with Crippen LogP contribution in [0.4, 0.5) is 5.69 Å². The number of anilines is 1. The van der Waals surface area contributed by atoms with Crippen LogP contribution in [0.1, 0.15) is 24.0 Å². The summed E-state index contributed by atoms with van der Waals surface area (Å²) in [5.74, 6) is -0.744. The Morgan fingerprint density at radius 2 is 2.05 bits per heavy atom. The topological polar surface area (TPSA) is 49.8 Å². The zero-order chi connectivity index (χ0) is 13.8. The van der Waals surface area contributed by atoms with E-state index in [-0.39, 0.29) is 12.5 Å². The van der Waals surface area contributed by atoms with Crippen LogP contribution in [0.15, 0.2) is 18.2 Å². The number of aryl methyl sites for hydroxylation is 2. The maximum Gasteiger partial charge on any atom is 0.303 e. The lowest BCUT2D eigenvalue weighted by atomic mass is 10.1. The molecule has 1 aromatic carbocycles. The van der Waals surface area contributed by atoms with E-state index in [1.54, 1.807) is 0 Å². The largest absolute Gasteiger partial charge is 0.481 e. The lowest BCUT2D eigenvalue weighted by Crippen LogP contribution is -2.45. The summed E-state index contributed by atoms with van der Waals surface area (Å²) in [5.41, 5.74) is 3.65. The lowest BCUT2D eigenvalue weighted by molar-refractivity contribution is -0.137. The van der Waals surface area contributed by atoms with Crippen molar-refractivity contribution in [3.05, 3.63) is 29.3 Å². The molecule has 2 rings (SSSR count). The average molecular weight is 263 g/mol. The summed E-state index contributed by atoms with van der Waals surface area (Å²) in [6, 6.07) is 6.63. The zero-order valence-corrected chi connectivity index (χ0v) is 11.6. The summed E-state index contributed by atoms with van der Waals surface area (Å²) in [5, 5.41) is 8.83. The van der Waals surface area contributed by atoms with Crippen LogP contribution in [0.2, 0.25) is 0 Å². The summed E-state index contributed by atoms with van der Waals surface area (Å²) in [6.07, 6.45) is 0.817. The predicted octanol–water partition coefficient (Wildman–Crippen LogP) is 2.37. The van der Waals surface area contributed by atoms with Gasteiger partial charge in [-0.25, -0.2) is 0 Å². The number of hydrogen-bond donors (Lipinski definition) is 1.